The summed E-state index contributed by atoms with van der Waals surface area (Å²) in [6, 6.07) is 11.3. The molecular formula is C24H24N4O2. The van der Waals surface area contributed by atoms with Crippen molar-refractivity contribution in [3.63, 3.8) is 0 Å². The van der Waals surface area contributed by atoms with Gasteiger partial charge >= 0.3 is 0 Å². The summed E-state index contributed by atoms with van der Waals surface area (Å²) in [5.41, 5.74) is 6.73. The van der Waals surface area contributed by atoms with Gasteiger partial charge in [0.1, 0.15) is 11.5 Å². The Balaban J connectivity index is 1.67. The Labute approximate surface area is 176 Å². The number of pyridine rings is 2. The maximum absolute atomic E-state index is 13.3. The summed E-state index contributed by atoms with van der Waals surface area (Å²) in [5, 5.41) is 2.57. The van der Waals surface area contributed by atoms with E-state index in [0.717, 1.165) is 28.7 Å². The molecule has 6 heteroatoms. The van der Waals surface area contributed by atoms with Gasteiger partial charge in [0.25, 0.3) is 11.8 Å². The van der Waals surface area contributed by atoms with E-state index in [1.807, 2.05) is 30.3 Å². The minimum Gasteiger partial charge on any atom is -0.354 e. The molecule has 152 valence electrons. The number of rotatable bonds is 4. The fourth-order valence-corrected chi connectivity index (χ4v) is 3.95. The molecule has 0 saturated heterocycles. The summed E-state index contributed by atoms with van der Waals surface area (Å²) in [4.78, 5) is 35.3. The predicted octanol–water partition coefficient (Wildman–Crippen LogP) is 3.25. The molecule has 4 rings (SSSR count). The van der Waals surface area contributed by atoms with Gasteiger partial charge in [-0.05, 0) is 78.8 Å². The minimum atomic E-state index is -0.206. The maximum atomic E-state index is 13.3. The Bertz CT molecular complexity index is 1110. The average Bonchev–Trinajstić information content (AvgIpc) is 2.78. The second-order valence-corrected chi connectivity index (χ2v) is 7.51. The molecule has 30 heavy (non-hydrogen) atoms. The lowest BCUT2D eigenvalue weighted by Crippen LogP contribution is -2.38. The van der Waals surface area contributed by atoms with Crippen LogP contribution in [0, 0.1) is 13.8 Å². The zero-order chi connectivity index (χ0) is 21.3. The van der Waals surface area contributed by atoms with Crippen LogP contribution in [-0.4, -0.2) is 35.4 Å². The largest absolute Gasteiger partial charge is 0.354 e. The number of nitrogens with one attached hydrogen (secondary N) is 1. The molecule has 0 saturated carbocycles. The van der Waals surface area contributed by atoms with Gasteiger partial charge in [-0.25, -0.2) is 4.98 Å². The third-order valence-electron chi connectivity index (χ3n) is 5.81. The van der Waals surface area contributed by atoms with Gasteiger partial charge in [0.05, 0.1) is 0 Å². The molecule has 0 fully saturated rings. The molecule has 2 amide bonds. The molecule has 1 aliphatic heterocycles. The number of carbonyl (C=O) groups excluding carboxylic acids is 2. The van der Waals surface area contributed by atoms with Crippen molar-refractivity contribution in [1.29, 1.82) is 0 Å². The van der Waals surface area contributed by atoms with Crippen LogP contribution in [0.1, 0.15) is 48.7 Å². The van der Waals surface area contributed by atoms with E-state index in [2.05, 4.69) is 29.1 Å². The number of amides is 2. The van der Waals surface area contributed by atoms with Crippen molar-refractivity contribution >= 4 is 17.6 Å². The highest BCUT2D eigenvalue weighted by Crippen LogP contribution is 2.30. The van der Waals surface area contributed by atoms with Crippen molar-refractivity contribution in [2.24, 2.45) is 0 Å². The van der Waals surface area contributed by atoms with E-state index in [0.29, 0.717) is 24.5 Å². The molecule has 1 aromatic carbocycles. The van der Waals surface area contributed by atoms with Crippen LogP contribution in [0.5, 0.6) is 0 Å². The van der Waals surface area contributed by atoms with Crippen molar-refractivity contribution in [3.05, 3.63) is 87.9 Å². The third-order valence-corrected chi connectivity index (χ3v) is 5.81. The van der Waals surface area contributed by atoms with Gasteiger partial charge in [0, 0.05) is 31.5 Å². The summed E-state index contributed by atoms with van der Waals surface area (Å²) in [7, 11) is 1.59. The number of nitrogens with zero attached hydrogens (tertiary/aromatic N) is 3. The normalized spacial score (nSPS) is 13.2. The van der Waals surface area contributed by atoms with Crippen LogP contribution < -0.4 is 10.2 Å². The van der Waals surface area contributed by atoms with Crippen molar-refractivity contribution < 1.29 is 9.59 Å². The van der Waals surface area contributed by atoms with E-state index in [9.17, 15) is 9.59 Å². The molecule has 3 heterocycles. The molecule has 6 nitrogen and oxygen atoms in total. The summed E-state index contributed by atoms with van der Waals surface area (Å²) < 4.78 is 0. The van der Waals surface area contributed by atoms with Crippen molar-refractivity contribution in [3.8, 4) is 0 Å². The monoisotopic (exact) mass is 400 g/mol. The molecule has 0 aliphatic carbocycles. The van der Waals surface area contributed by atoms with E-state index in [1.54, 1.807) is 30.4 Å². The number of carbonyl (C=O) groups is 2. The lowest BCUT2D eigenvalue weighted by atomic mass is 9.86. The molecule has 1 N–H and O–H groups in total. The van der Waals surface area contributed by atoms with Gasteiger partial charge in [0.15, 0.2) is 0 Å². The quantitative estimate of drug-likeness (QED) is 0.730. The number of hydrogen-bond acceptors (Lipinski definition) is 4. The standard InChI is InChI=1S/C24H24N4O2/c1-15-16(2)19-9-11-28(22-6-4-5-10-26-22)24(30)20(19)13-18(15)12-17-7-8-21(27-14-17)23(29)25-3/h4-8,10,13-14H,9,11-12H2,1-3H3,(H,25,29). The van der Waals surface area contributed by atoms with E-state index < -0.39 is 0 Å². The van der Waals surface area contributed by atoms with Crippen LogP contribution in [0.15, 0.2) is 48.8 Å². The van der Waals surface area contributed by atoms with Crippen LogP contribution in [-0.2, 0) is 12.8 Å². The lowest BCUT2D eigenvalue weighted by molar-refractivity contribution is 0.0955. The Morgan fingerprint density at radius 1 is 1.13 bits per heavy atom. The first-order valence-electron chi connectivity index (χ1n) is 10.0. The molecule has 0 radical (unpaired) electrons. The van der Waals surface area contributed by atoms with Crippen LogP contribution >= 0.6 is 0 Å². The number of benzene rings is 1. The number of anilines is 1. The molecule has 0 unspecified atom stereocenters. The Kier molecular flexibility index (Phi) is 5.31. The van der Waals surface area contributed by atoms with E-state index in [4.69, 9.17) is 0 Å². The van der Waals surface area contributed by atoms with Gasteiger partial charge in [0.2, 0.25) is 0 Å². The predicted molar refractivity (Wildman–Crippen MR) is 116 cm³/mol. The third kappa shape index (κ3) is 3.56. The Morgan fingerprint density at radius 3 is 2.63 bits per heavy atom. The fourth-order valence-electron chi connectivity index (χ4n) is 3.95. The Hall–Kier alpha value is -3.54. The fraction of sp³-hybridized carbons (Fsp3) is 0.250. The molecule has 3 aromatic rings. The zero-order valence-corrected chi connectivity index (χ0v) is 17.4. The van der Waals surface area contributed by atoms with Gasteiger partial charge in [-0.2, -0.15) is 0 Å². The second kappa shape index (κ2) is 8.06. The SMILES string of the molecule is CNC(=O)c1ccc(Cc2cc3c(c(C)c2C)CCN(c2ccccn2)C3=O)cn1. The summed E-state index contributed by atoms with van der Waals surface area (Å²) >= 11 is 0. The first kappa shape index (κ1) is 19.8. The number of fused-ring (bicyclic) bond motifs is 1. The first-order valence-corrected chi connectivity index (χ1v) is 10.0. The smallest absolute Gasteiger partial charge is 0.269 e. The highest BCUT2D eigenvalue weighted by atomic mass is 16.2. The zero-order valence-electron chi connectivity index (χ0n) is 17.4. The molecule has 0 spiro atoms. The highest BCUT2D eigenvalue weighted by Gasteiger charge is 2.28. The topological polar surface area (TPSA) is 75.2 Å². The number of hydrogen-bond donors (Lipinski definition) is 1. The second-order valence-electron chi connectivity index (χ2n) is 7.51. The summed E-state index contributed by atoms with van der Waals surface area (Å²) in [5.74, 6) is 0.469. The summed E-state index contributed by atoms with van der Waals surface area (Å²) in [6.07, 6.45) is 4.89. The highest BCUT2D eigenvalue weighted by molar-refractivity contribution is 6.08. The van der Waals surface area contributed by atoms with E-state index >= 15 is 0 Å². The van der Waals surface area contributed by atoms with Crippen molar-refractivity contribution in [2.75, 3.05) is 18.5 Å². The van der Waals surface area contributed by atoms with Gasteiger partial charge < -0.3 is 5.32 Å². The average molecular weight is 400 g/mol. The minimum absolute atomic E-state index is 0.00705. The first-order chi connectivity index (χ1) is 14.5. The van der Waals surface area contributed by atoms with Crippen molar-refractivity contribution in [1.82, 2.24) is 15.3 Å². The van der Waals surface area contributed by atoms with Crippen LogP contribution in [0.4, 0.5) is 5.82 Å². The van der Waals surface area contributed by atoms with Crippen LogP contribution in [0.3, 0.4) is 0 Å². The molecule has 2 aromatic heterocycles. The summed E-state index contributed by atoms with van der Waals surface area (Å²) in [6.45, 7) is 4.83. The maximum Gasteiger partial charge on any atom is 0.269 e. The molecule has 0 bridgehead atoms. The van der Waals surface area contributed by atoms with Gasteiger partial charge in [-0.15, -0.1) is 0 Å². The Morgan fingerprint density at radius 2 is 1.97 bits per heavy atom. The van der Waals surface area contributed by atoms with Crippen molar-refractivity contribution in [2.45, 2.75) is 26.7 Å². The lowest BCUT2D eigenvalue weighted by Gasteiger charge is -2.30. The van der Waals surface area contributed by atoms with Crippen LogP contribution in [0.2, 0.25) is 0 Å². The van der Waals surface area contributed by atoms with E-state index in [-0.39, 0.29) is 11.8 Å². The van der Waals surface area contributed by atoms with Gasteiger partial charge in [-0.1, -0.05) is 12.1 Å². The number of aromatic nitrogens is 2. The van der Waals surface area contributed by atoms with Crippen LogP contribution in [0.25, 0.3) is 0 Å². The van der Waals surface area contributed by atoms with Gasteiger partial charge in [-0.3, -0.25) is 19.5 Å². The molecule has 1 aliphatic rings. The molecular weight excluding hydrogens is 376 g/mol. The molecule has 0 atom stereocenters. The van der Waals surface area contributed by atoms with E-state index in [1.165, 1.54) is 11.1 Å².